The number of hydrogen-bond donors (Lipinski definition) is 2. The van der Waals surface area contributed by atoms with Crippen LogP contribution in [0.5, 0.6) is 0 Å². The van der Waals surface area contributed by atoms with Crippen molar-refractivity contribution in [1.82, 2.24) is 20.6 Å². The average Bonchev–Trinajstić information content (AvgIpc) is 3.28. The summed E-state index contributed by atoms with van der Waals surface area (Å²) in [6.45, 7) is -0.0126. The van der Waals surface area contributed by atoms with Crippen LogP contribution < -0.4 is 5.32 Å². The highest BCUT2D eigenvalue weighted by atomic mass is 19.4. The van der Waals surface area contributed by atoms with Gasteiger partial charge >= 0.3 is 6.18 Å². The summed E-state index contributed by atoms with van der Waals surface area (Å²) in [6.07, 6.45) is -4.44. The van der Waals surface area contributed by atoms with Gasteiger partial charge in [0.05, 0.1) is 5.56 Å². The Morgan fingerprint density at radius 1 is 1.11 bits per heavy atom. The molecular formula is C17H11F4N5O. The molecule has 0 amide bonds. The quantitative estimate of drug-likeness (QED) is 0.516. The fourth-order valence-electron chi connectivity index (χ4n) is 2.62. The van der Waals surface area contributed by atoms with Crippen molar-refractivity contribution in [3.8, 4) is 11.6 Å². The number of hydrogen-bond acceptors (Lipinski definition) is 5. The van der Waals surface area contributed by atoms with Crippen molar-refractivity contribution in [1.29, 1.82) is 0 Å². The Bertz CT molecular complexity index is 1090. The first-order valence-electron chi connectivity index (χ1n) is 7.77. The summed E-state index contributed by atoms with van der Waals surface area (Å²) in [4.78, 5) is 0. The summed E-state index contributed by atoms with van der Waals surface area (Å²) in [5.41, 5.74) is 0.0985. The lowest BCUT2D eigenvalue weighted by atomic mass is 10.1. The number of nitrogens with zero attached hydrogens (tertiary/aromatic N) is 3. The second kappa shape index (κ2) is 6.38. The molecule has 0 saturated heterocycles. The molecule has 4 rings (SSSR count). The minimum Gasteiger partial charge on any atom is -0.453 e. The number of alkyl halides is 3. The van der Waals surface area contributed by atoms with Crippen LogP contribution in [0.25, 0.3) is 22.6 Å². The lowest BCUT2D eigenvalue weighted by Crippen LogP contribution is -2.07. The zero-order valence-electron chi connectivity index (χ0n) is 13.5. The maximum absolute atomic E-state index is 14.3. The second-order valence-electron chi connectivity index (χ2n) is 5.76. The van der Waals surface area contributed by atoms with Gasteiger partial charge in [-0.3, -0.25) is 0 Å². The smallest absolute Gasteiger partial charge is 0.416 e. The van der Waals surface area contributed by atoms with Gasteiger partial charge < -0.3 is 9.73 Å². The topological polar surface area (TPSA) is 79.6 Å². The van der Waals surface area contributed by atoms with Gasteiger partial charge in [0.2, 0.25) is 5.82 Å². The Kier molecular flexibility index (Phi) is 4.02. The highest BCUT2D eigenvalue weighted by molar-refractivity contribution is 5.82. The van der Waals surface area contributed by atoms with Crippen molar-refractivity contribution < 1.29 is 22.0 Å². The maximum Gasteiger partial charge on any atom is 0.416 e. The molecule has 0 saturated carbocycles. The molecule has 2 heterocycles. The number of aromatic amines is 1. The van der Waals surface area contributed by atoms with Crippen molar-refractivity contribution >= 4 is 16.7 Å². The van der Waals surface area contributed by atoms with Gasteiger partial charge in [-0.15, -0.1) is 10.2 Å². The molecule has 138 valence electrons. The SMILES string of the molecule is Fc1cc2cc(-c3nn[nH]n3)oc2cc1CNc1cccc(C(F)(F)F)c1. The van der Waals surface area contributed by atoms with Crippen LogP contribution in [0.1, 0.15) is 11.1 Å². The Labute approximate surface area is 149 Å². The first-order chi connectivity index (χ1) is 12.9. The molecule has 6 nitrogen and oxygen atoms in total. The van der Waals surface area contributed by atoms with E-state index in [0.29, 0.717) is 16.7 Å². The number of halogens is 4. The molecule has 0 aliphatic carbocycles. The molecule has 2 aromatic heterocycles. The van der Waals surface area contributed by atoms with Gasteiger partial charge in [-0.2, -0.15) is 18.4 Å². The zero-order valence-corrected chi connectivity index (χ0v) is 13.5. The molecule has 4 aromatic rings. The van der Waals surface area contributed by atoms with E-state index < -0.39 is 17.6 Å². The van der Waals surface area contributed by atoms with Crippen molar-refractivity contribution in [2.45, 2.75) is 12.7 Å². The van der Waals surface area contributed by atoms with Crippen LogP contribution in [-0.2, 0) is 12.7 Å². The largest absolute Gasteiger partial charge is 0.453 e. The van der Waals surface area contributed by atoms with Crippen LogP contribution in [0.3, 0.4) is 0 Å². The monoisotopic (exact) mass is 377 g/mol. The third kappa shape index (κ3) is 3.46. The third-order valence-electron chi connectivity index (χ3n) is 3.92. The highest BCUT2D eigenvalue weighted by Gasteiger charge is 2.30. The number of rotatable bonds is 4. The van der Waals surface area contributed by atoms with Gasteiger partial charge in [0.1, 0.15) is 11.4 Å². The van der Waals surface area contributed by atoms with Crippen LogP contribution in [0.2, 0.25) is 0 Å². The third-order valence-corrected chi connectivity index (χ3v) is 3.92. The van der Waals surface area contributed by atoms with E-state index in [9.17, 15) is 17.6 Å². The minimum absolute atomic E-state index is 0.0126. The second-order valence-corrected chi connectivity index (χ2v) is 5.76. The van der Waals surface area contributed by atoms with E-state index in [4.69, 9.17) is 4.42 Å². The summed E-state index contributed by atoms with van der Waals surface area (Å²) in [5, 5.41) is 16.6. The number of nitrogens with one attached hydrogen (secondary N) is 2. The Balaban J connectivity index is 1.58. The van der Waals surface area contributed by atoms with E-state index in [1.807, 2.05) is 0 Å². The first-order valence-corrected chi connectivity index (χ1v) is 7.77. The number of fused-ring (bicyclic) bond motifs is 1. The predicted molar refractivity (Wildman–Crippen MR) is 88.1 cm³/mol. The number of anilines is 1. The average molecular weight is 377 g/mol. The van der Waals surface area contributed by atoms with Crippen LogP contribution >= 0.6 is 0 Å². The summed E-state index contributed by atoms with van der Waals surface area (Å²) < 4.78 is 58.2. The van der Waals surface area contributed by atoms with Gasteiger partial charge in [-0.25, -0.2) is 4.39 Å². The molecule has 0 spiro atoms. The number of tetrazole rings is 1. The summed E-state index contributed by atoms with van der Waals surface area (Å²) in [7, 11) is 0. The lowest BCUT2D eigenvalue weighted by Gasteiger charge is -2.11. The predicted octanol–water partition coefficient (Wildman–Crippen LogP) is 4.38. The first kappa shape index (κ1) is 17.0. The lowest BCUT2D eigenvalue weighted by molar-refractivity contribution is -0.137. The van der Waals surface area contributed by atoms with Crippen molar-refractivity contribution in [3.63, 3.8) is 0 Å². The molecule has 0 aliphatic rings. The molecular weight excluding hydrogens is 366 g/mol. The molecule has 2 N–H and O–H groups in total. The van der Waals surface area contributed by atoms with Crippen LogP contribution in [0.4, 0.5) is 23.2 Å². The number of furan rings is 1. The Morgan fingerprint density at radius 3 is 2.70 bits per heavy atom. The van der Waals surface area contributed by atoms with Crippen LogP contribution in [0.15, 0.2) is 46.9 Å². The van der Waals surface area contributed by atoms with Gasteiger partial charge in [0.25, 0.3) is 0 Å². The summed E-state index contributed by atoms with van der Waals surface area (Å²) in [5.74, 6) is 0.0406. The van der Waals surface area contributed by atoms with E-state index in [-0.39, 0.29) is 23.6 Å². The zero-order chi connectivity index (χ0) is 19.0. The van der Waals surface area contributed by atoms with Crippen molar-refractivity contribution in [2.75, 3.05) is 5.32 Å². The molecule has 2 aromatic carbocycles. The molecule has 0 bridgehead atoms. The minimum atomic E-state index is -4.44. The van der Waals surface area contributed by atoms with E-state index in [2.05, 4.69) is 25.9 Å². The van der Waals surface area contributed by atoms with E-state index in [0.717, 1.165) is 12.1 Å². The highest BCUT2D eigenvalue weighted by Crippen LogP contribution is 2.31. The molecule has 10 heteroatoms. The van der Waals surface area contributed by atoms with Gasteiger partial charge in [0, 0.05) is 23.2 Å². The summed E-state index contributed by atoms with van der Waals surface area (Å²) >= 11 is 0. The normalized spacial score (nSPS) is 11.9. The van der Waals surface area contributed by atoms with Crippen molar-refractivity contribution in [2.24, 2.45) is 0 Å². The molecule has 0 atom stereocenters. The van der Waals surface area contributed by atoms with E-state index in [1.165, 1.54) is 24.3 Å². The Hall–Kier alpha value is -3.43. The van der Waals surface area contributed by atoms with Crippen molar-refractivity contribution in [3.05, 3.63) is 59.4 Å². The number of aromatic nitrogens is 4. The molecule has 0 aliphatic heterocycles. The molecule has 0 radical (unpaired) electrons. The standard InChI is InChI=1S/C17H11F4N5O/c18-13-4-9-5-15(16-23-25-26-24-16)27-14(9)6-10(13)8-22-12-3-1-2-11(7-12)17(19,20)21/h1-7,22H,8H2,(H,23,24,25,26). The van der Waals surface area contributed by atoms with E-state index >= 15 is 0 Å². The van der Waals surface area contributed by atoms with Gasteiger partial charge in [0.15, 0.2) is 5.76 Å². The maximum atomic E-state index is 14.3. The van der Waals surface area contributed by atoms with Gasteiger partial charge in [-0.1, -0.05) is 6.07 Å². The number of benzene rings is 2. The molecule has 0 unspecified atom stereocenters. The van der Waals surface area contributed by atoms with E-state index in [1.54, 1.807) is 6.07 Å². The molecule has 0 fully saturated rings. The number of H-pyrrole nitrogens is 1. The fraction of sp³-hybridized carbons (Fsp3) is 0.118. The molecule has 27 heavy (non-hydrogen) atoms. The van der Waals surface area contributed by atoms with Crippen LogP contribution in [-0.4, -0.2) is 20.6 Å². The Morgan fingerprint density at radius 2 is 1.96 bits per heavy atom. The van der Waals surface area contributed by atoms with Gasteiger partial charge in [-0.05, 0) is 41.6 Å². The fourth-order valence-corrected chi connectivity index (χ4v) is 2.62. The summed E-state index contributed by atoms with van der Waals surface area (Å²) in [6, 6.07) is 9.05. The van der Waals surface area contributed by atoms with Crippen LogP contribution in [0, 0.1) is 5.82 Å².